The van der Waals surface area contributed by atoms with Gasteiger partial charge in [-0.15, -0.1) is 0 Å². The normalized spacial score (nSPS) is 10.7. The summed E-state index contributed by atoms with van der Waals surface area (Å²) in [5.74, 6) is 0.0881. The Kier molecular flexibility index (Phi) is 5.79. The van der Waals surface area contributed by atoms with Crippen molar-refractivity contribution in [2.45, 2.75) is 6.61 Å². The lowest BCUT2D eigenvalue weighted by atomic mass is 10.2. The molecule has 6 heteroatoms. The number of aryl methyl sites for hydroxylation is 1. The van der Waals surface area contributed by atoms with E-state index in [2.05, 4.69) is 10.5 Å². The molecule has 0 aliphatic heterocycles. The van der Waals surface area contributed by atoms with Crippen LogP contribution < -0.4 is 15.7 Å². The molecule has 3 rings (SSSR count). The van der Waals surface area contributed by atoms with Gasteiger partial charge in [-0.05, 0) is 29.8 Å². The van der Waals surface area contributed by atoms with E-state index in [0.29, 0.717) is 12.4 Å². The molecule has 1 N–H and O–H groups in total. The zero-order chi connectivity index (χ0) is 19.1. The number of rotatable bonds is 6. The van der Waals surface area contributed by atoms with Crippen molar-refractivity contribution in [2.24, 2.45) is 12.1 Å². The van der Waals surface area contributed by atoms with Crippen molar-refractivity contribution in [2.75, 3.05) is 0 Å². The molecule has 0 unspecified atom stereocenters. The molecule has 0 fully saturated rings. The lowest BCUT2D eigenvalue weighted by molar-refractivity contribution is 0.0953. The van der Waals surface area contributed by atoms with Crippen LogP contribution in [0.2, 0.25) is 0 Å². The highest BCUT2D eigenvalue weighted by Gasteiger charge is 2.10. The van der Waals surface area contributed by atoms with Gasteiger partial charge in [-0.25, -0.2) is 5.43 Å². The minimum Gasteiger partial charge on any atom is -0.488 e. The Morgan fingerprint density at radius 3 is 2.63 bits per heavy atom. The molecule has 1 heterocycles. The summed E-state index contributed by atoms with van der Waals surface area (Å²) in [7, 11) is 1.59. The summed E-state index contributed by atoms with van der Waals surface area (Å²) < 4.78 is 7.18. The van der Waals surface area contributed by atoms with Gasteiger partial charge in [0, 0.05) is 18.8 Å². The smallest absolute Gasteiger partial charge is 0.276 e. The van der Waals surface area contributed by atoms with Gasteiger partial charge in [-0.1, -0.05) is 42.5 Å². The summed E-state index contributed by atoms with van der Waals surface area (Å²) in [5, 5.41) is 3.95. The van der Waals surface area contributed by atoms with Crippen LogP contribution in [0.15, 0.2) is 82.8 Å². The van der Waals surface area contributed by atoms with E-state index >= 15 is 0 Å². The van der Waals surface area contributed by atoms with E-state index in [9.17, 15) is 9.59 Å². The summed E-state index contributed by atoms with van der Waals surface area (Å²) in [5.41, 5.74) is 3.80. The van der Waals surface area contributed by atoms with Crippen LogP contribution in [0.4, 0.5) is 0 Å². The SMILES string of the molecule is Cn1cccc(C(=O)N/N=C\c2ccccc2OCc2ccccc2)c1=O. The fourth-order valence-electron chi connectivity index (χ4n) is 2.44. The first-order chi connectivity index (χ1) is 13.1. The molecule has 2 aromatic carbocycles. The maximum Gasteiger partial charge on any atom is 0.276 e. The molecule has 0 saturated heterocycles. The van der Waals surface area contributed by atoms with E-state index in [1.54, 1.807) is 19.3 Å². The number of hydrogen-bond acceptors (Lipinski definition) is 4. The number of carbonyl (C=O) groups is 1. The van der Waals surface area contributed by atoms with Crippen LogP contribution in [0.5, 0.6) is 5.75 Å². The average Bonchev–Trinajstić information content (AvgIpc) is 2.70. The highest BCUT2D eigenvalue weighted by molar-refractivity contribution is 5.94. The van der Waals surface area contributed by atoms with Gasteiger partial charge >= 0.3 is 0 Å². The predicted molar refractivity (Wildman–Crippen MR) is 104 cm³/mol. The van der Waals surface area contributed by atoms with Crippen LogP contribution in [0, 0.1) is 0 Å². The van der Waals surface area contributed by atoms with Crippen molar-refractivity contribution in [3.63, 3.8) is 0 Å². The Morgan fingerprint density at radius 2 is 1.81 bits per heavy atom. The molecule has 0 spiro atoms. The lowest BCUT2D eigenvalue weighted by Crippen LogP contribution is -2.29. The number of pyridine rings is 1. The first-order valence-electron chi connectivity index (χ1n) is 8.40. The minimum absolute atomic E-state index is 0.0331. The summed E-state index contributed by atoms with van der Waals surface area (Å²) in [6, 6.07) is 20.3. The molecule has 0 atom stereocenters. The zero-order valence-electron chi connectivity index (χ0n) is 14.8. The van der Waals surface area contributed by atoms with Crippen LogP contribution >= 0.6 is 0 Å². The highest BCUT2D eigenvalue weighted by atomic mass is 16.5. The Morgan fingerprint density at radius 1 is 1.07 bits per heavy atom. The number of nitrogens with zero attached hydrogens (tertiary/aromatic N) is 2. The van der Waals surface area contributed by atoms with Crippen molar-refractivity contribution >= 4 is 12.1 Å². The van der Waals surface area contributed by atoms with Gasteiger partial charge in [0.15, 0.2) is 0 Å². The van der Waals surface area contributed by atoms with Crippen molar-refractivity contribution in [1.29, 1.82) is 0 Å². The van der Waals surface area contributed by atoms with Crippen LogP contribution in [-0.4, -0.2) is 16.7 Å². The number of aromatic nitrogens is 1. The van der Waals surface area contributed by atoms with Crippen molar-refractivity contribution < 1.29 is 9.53 Å². The van der Waals surface area contributed by atoms with E-state index < -0.39 is 5.91 Å². The predicted octanol–water partition coefficient (Wildman–Crippen LogP) is 2.73. The van der Waals surface area contributed by atoms with E-state index in [-0.39, 0.29) is 11.1 Å². The van der Waals surface area contributed by atoms with Gasteiger partial charge in [-0.2, -0.15) is 5.10 Å². The Balaban J connectivity index is 1.67. The Hall–Kier alpha value is -3.67. The molecular weight excluding hydrogens is 342 g/mol. The van der Waals surface area contributed by atoms with Gasteiger partial charge in [0.2, 0.25) is 0 Å². The van der Waals surface area contributed by atoms with Gasteiger partial charge in [0.25, 0.3) is 11.5 Å². The van der Waals surface area contributed by atoms with Crippen LogP contribution in [0.25, 0.3) is 0 Å². The van der Waals surface area contributed by atoms with Crippen molar-refractivity contribution in [3.05, 3.63) is 100.0 Å². The number of amides is 1. The number of nitrogens with one attached hydrogen (secondary N) is 1. The fourth-order valence-corrected chi connectivity index (χ4v) is 2.44. The van der Waals surface area contributed by atoms with Gasteiger partial charge in [-0.3, -0.25) is 9.59 Å². The molecule has 1 amide bonds. The number of ether oxygens (including phenoxy) is 1. The second kappa shape index (κ2) is 8.62. The van der Waals surface area contributed by atoms with E-state index in [1.165, 1.54) is 16.8 Å². The van der Waals surface area contributed by atoms with Gasteiger partial charge in [0.1, 0.15) is 17.9 Å². The molecule has 0 bridgehead atoms. The van der Waals surface area contributed by atoms with E-state index in [0.717, 1.165) is 11.1 Å². The van der Waals surface area contributed by atoms with Gasteiger partial charge < -0.3 is 9.30 Å². The van der Waals surface area contributed by atoms with Crippen LogP contribution in [0.3, 0.4) is 0 Å². The van der Waals surface area contributed by atoms with Crippen molar-refractivity contribution in [3.8, 4) is 5.75 Å². The Bertz CT molecular complexity index is 1010. The largest absolute Gasteiger partial charge is 0.488 e. The lowest BCUT2D eigenvalue weighted by Gasteiger charge is -2.09. The summed E-state index contributed by atoms with van der Waals surface area (Å²) in [6.45, 7) is 0.429. The topological polar surface area (TPSA) is 72.7 Å². The molecule has 1 aromatic heterocycles. The average molecular weight is 361 g/mol. The minimum atomic E-state index is -0.560. The second-order valence-electron chi connectivity index (χ2n) is 5.85. The first kappa shape index (κ1) is 18.1. The maximum absolute atomic E-state index is 12.1. The number of para-hydroxylation sites is 1. The Labute approximate surface area is 156 Å². The summed E-state index contributed by atoms with van der Waals surface area (Å²) in [4.78, 5) is 24.1. The van der Waals surface area contributed by atoms with Gasteiger partial charge in [0.05, 0.1) is 6.21 Å². The third kappa shape index (κ3) is 4.70. The molecule has 3 aromatic rings. The number of benzene rings is 2. The molecule has 0 aliphatic rings. The molecule has 0 aliphatic carbocycles. The van der Waals surface area contributed by atoms with Crippen LogP contribution in [-0.2, 0) is 13.7 Å². The number of carbonyl (C=O) groups excluding carboxylic acids is 1. The third-order valence-corrected chi connectivity index (χ3v) is 3.89. The quantitative estimate of drug-likeness (QED) is 0.542. The molecular formula is C21H19N3O3. The summed E-state index contributed by atoms with van der Waals surface area (Å²) >= 11 is 0. The maximum atomic E-state index is 12.1. The number of hydrogen-bond donors (Lipinski definition) is 1. The molecule has 0 radical (unpaired) electrons. The third-order valence-electron chi connectivity index (χ3n) is 3.89. The van der Waals surface area contributed by atoms with E-state index in [4.69, 9.17) is 4.74 Å². The van der Waals surface area contributed by atoms with E-state index in [1.807, 2.05) is 54.6 Å². The molecule has 136 valence electrons. The molecule has 27 heavy (non-hydrogen) atoms. The second-order valence-corrected chi connectivity index (χ2v) is 5.85. The zero-order valence-corrected chi connectivity index (χ0v) is 14.8. The summed E-state index contributed by atoms with van der Waals surface area (Å²) in [6.07, 6.45) is 3.08. The van der Waals surface area contributed by atoms with Crippen molar-refractivity contribution in [1.82, 2.24) is 9.99 Å². The fraction of sp³-hybridized carbons (Fsp3) is 0.0952. The monoisotopic (exact) mass is 361 g/mol. The highest BCUT2D eigenvalue weighted by Crippen LogP contribution is 2.17. The van der Waals surface area contributed by atoms with Crippen LogP contribution in [0.1, 0.15) is 21.5 Å². The molecule has 0 saturated carbocycles. The standard InChI is InChI=1S/C21H19N3O3/c1-24-13-7-11-18(21(24)26)20(25)23-22-14-17-10-5-6-12-19(17)27-15-16-8-3-2-4-9-16/h2-14H,15H2,1H3,(H,23,25)/b22-14-. The first-order valence-corrected chi connectivity index (χ1v) is 8.40. The molecule has 6 nitrogen and oxygen atoms in total. The number of hydrazone groups is 1.